The van der Waals surface area contributed by atoms with Crippen molar-refractivity contribution in [1.82, 2.24) is 49.6 Å². The van der Waals surface area contributed by atoms with Gasteiger partial charge in [-0.05, 0) is 55.3 Å². The van der Waals surface area contributed by atoms with E-state index < -0.39 is 34.4 Å². The van der Waals surface area contributed by atoms with Crippen molar-refractivity contribution in [3.63, 3.8) is 0 Å². The molecule has 0 saturated heterocycles. The molecule has 2 aromatic carbocycles. The van der Waals surface area contributed by atoms with Crippen molar-refractivity contribution in [3.05, 3.63) is 90.7 Å². The van der Waals surface area contributed by atoms with Crippen molar-refractivity contribution >= 4 is 75.9 Å². The molecule has 21 heteroatoms. The zero-order valence-corrected chi connectivity index (χ0v) is 25.6. The van der Waals surface area contributed by atoms with E-state index in [2.05, 4.69) is 61.8 Å². The number of carbonyl (C=O) groups excluding carboxylic acids is 3. The van der Waals surface area contributed by atoms with Crippen LogP contribution in [0.15, 0.2) is 58.1 Å². The molecular weight excluding hydrogens is 671 g/mol. The number of halogens is 2. The van der Waals surface area contributed by atoms with Crippen LogP contribution < -0.4 is 32.4 Å². The van der Waals surface area contributed by atoms with E-state index in [0.29, 0.717) is 27.8 Å². The fourth-order valence-corrected chi connectivity index (χ4v) is 5.68. The van der Waals surface area contributed by atoms with Crippen LogP contribution in [0.1, 0.15) is 30.7 Å². The highest BCUT2D eigenvalue weighted by atomic mass is 35.5. The van der Waals surface area contributed by atoms with Crippen LogP contribution in [0.5, 0.6) is 0 Å². The molecule has 6 N–H and O–H groups in total. The standard InChI is InChI=1S/C27H20Cl2N14O5/c28-12-6-8-14(9-7-12)30-25(47)34-23-38-36-21-32-17(19(45)40-42(21)23)27(10-2-5-16(27)44)18-20(46)41-43-22(33-18)37-39-24(43)35-26(48)31-15-4-1-3-13(29)11-15/h1,3-4,6-9,11H,2,5,10H2,(H,40,45)(H,41,46)(H2,30,34,38,47)(H2,31,35,39,48). The van der Waals surface area contributed by atoms with Crippen molar-refractivity contribution in [1.29, 1.82) is 0 Å². The maximum Gasteiger partial charge on any atom is 0.326 e. The molecule has 7 rings (SSSR count). The van der Waals surface area contributed by atoms with E-state index in [-0.39, 0.29) is 47.7 Å². The van der Waals surface area contributed by atoms with Gasteiger partial charge in [-0.2, -0.15) is 9.03 Å². The minimum Gasteiger partial charge on any atom is -0.308 e. The van der Waals surface area contributed by atoms with Crippen molar-refractivity contribution in [3.8, 4) is 0 Å². The number of Topliss-reactive ketones (excluding diaryl/α,β-unsaturated/α-hetero) is 1. The van der Waals surface area contributed by atoms with Crippen molar-refractivity contribution in [2.24, 2.45) is 0 Å². The number of aromatic nitrogens is 10. The zero-order valence-electron chi connectivity index (χ0n) is 24.1. The Labute approximate surface area is 276 Å². The molecule has 48 heavy (non-hydrogen) atoms. The molecule has 1 atom stereocenters. The smallest absolute Gasteiger partial charge is 0.308 e. The molecule has 1 aliphatic rings. The summed E-state index contributed by atoms with van der Waals surface area (Å²) in [6.07, 6.45) is 0.380. The van der Waals surface area contributed by atoms with Gasteiger partial charge in [0.05, 0.1) is 0 Å². The minimum absolute atomic E-state index is 0.0222. The highest BCUT2D eigenvalue weighted by Gasteiger charge is 2.51. The van der Waals surface area contributed by atoms with Gasteiger partial charge in [0.15, 0.2) is 5.78 Å². The van der Waals surface area contributed by atoms with E-state index in [0.717, 1.165) is 9.03 Å². The number of hydrogen-bond acceptors (Lipinski definition) is 11. The Morgan fingerprint density at radius 1 is 0.708 bits per heavy atom. The van der Waals surface area contributed by atoms with Crippen LogP contribution in [0.2, 0.25) is 10.0 Å². The van der Waals surface area contributed by atoms with Gasteiger partial charge in [-0.25, -0.2) is 19.6 Å². The summed E-state index contributed by atoms with van der Waals surface area (Å²) in [7, 11) is 0. The number of amides is 4. The minimum atomic E-state index is -1.88. The zero-order chi connectivity index (χ0) is 33.6. The third-order valence-electron chi connectivity index (χ3n) is 7.45. The highest BCUT2D eigenvalue weighted by Crippen LogP contribution is 2.40. The lowest BCUT2D eigenvalue weighted by molar-refractivity contribution is -0.121. The first-order valence-electron chi connectivity index (χ1n) is 14.0. The maximum absolute atomic E-state index is 13.6. The number of carbonyl (C=O) groups is 3. The van der Waals surface area contributed by atoms with Gasteiger partial charge in [0, 0.05) is 27.8 Å². The predicted octanol–water partition coefficient (Wildman–Crippen LogP) is 2.57. The molecule has 1 unspecified atom stereocenters. The van der Waals surface area contributed by atoms with E-state index in [1.807, 2.05) is 0 Å². The predicted molar refractivity (Wildman–Crippen MR) is 171 cm³/mol. The number of rotatable bonds is 6. The fourth-order valence-electron chi connectivity index (χ4n) is 5.36. The SMILES string of the molecule is O=C(Nc1ccc(Cl)cc1)Nc1nnc2nc(C3(c4nc5nnc(NC(=O)Nc6cccc(Cl)c6)n5[nH]c4=O)CCCC3=O)c(=O)[nH]n12. The van der Waals surface area contributed by atoms with Crippen LogP contribution in [0, 0.1) is 0 Å². The second-order valence-corrected chi connectivity index (χ2v) is 11.4. The van der Waals surface area contributed by atoms with Crippen LogP contribution in [-0.4, -0.2) is 67.4 Å². The monoisotopic (exact) mass is 690 g/mol. The average Bonchev–Trinajstić information content (AvgIpc) is 3.74. The van der Waals surface area contributed by atoms with Crippen molar-refractivity contribution < 1.29 is 14.4 Å². The van der Waals surface area contributed by atoms with Crippen LogP contribution in [0.3, 0.4) is 0 Å². The van der Waals surface area contributed by atoms with Gasteiger partial charge >= 0.3 is 12.1 Å². The molecule has 4 amide bonds. The summed E-state index contributed by atoms with van der Waals surface area (Å²) in [6.45, 7) is 0. The van der Waals surface area contributed by atoms with Gasteiger partial charge in [0.2, 0.25) is 0 Å². The third kappa shape index (κ3) is 5.45. The van der Waals surface area contributed by atoms with Crippen LogP contribution in [-0.2, 0) is 10.2 Å². The Bertz CT molecular complexity index is 2380. The van der Waals surface area contributed by atoms with E-state index in [9.17, 15) is 24.0 Å². The molecule has 0 bridgehead atoms. The molecule has 19 nitrogen and oxygen atoms in total. The lowest BCUT2D eigenvalue weighted by Gasteiger charge is -2.24. The number of ketones is 1. The number of fused-ring (bicyclic) bond motifs is 2. The number of benzene rings is 2. The van der Waals surface area contributed by atoms with E-state index >= 15 is 0 Å². The Hall–Kier alpha value is -6.21. The average molecular weight is 691 g/mol. The molecular formula is C27H20Cl2N14O5. The lowest BCUT2D eigenvalue weighted by atomic mass is 9.78. The summed E-state index contributed by atoms with van der Waals surface area (Å²) in [5.74, 6) is -1.21. The second-order valence-electron chi connectivity index (χ2n) is 10.5. The van der Waals surface area contributed by atoms with Gasteiger partial charge in [-0.15, -0.1) is 20.4 Å². The molecule has 4 aromatic heterocycles. The van der Waals surface area contributed by atoms with E-state index in [1.165, 1.54) is 6.07 Å². The number of hydrogen-bond donors (Lipinski definition) is 6. The summed E-state index contributed by atoms with van der Waals surface area (Å²) < 4.78 is 2.04. The molecule has 0 radical (unpaired) electrons. The molecule has 1 saturated carbocycles. The van der Waals surface area contributed by atoms with Gasteiger partial charge < -0.3 is 10.6 Å². The first-order valence-corrected chi connectivity index (χ1v) is 14.8. The Kier molecular flexibility index (Phi) is 7.52. The van der Waals surface area contributed by atoms with Gasteiger partial charge in [-0.1, -0.05) is 29.3 Å². The van der Waals surface area contributed by atoms with Gasteiger partial charge in [0.25, 0.3) is 34.6 Å². The third-order valence-corrected chi connectivity index (χ3v) is 7.93. The Morgan fingerprint density at radius 2 is 1.27 bits per heavy atom. The number of nitrogens with one attached hydrogen (secondary N) is 6. The fraction of sp³-hybridized carbons (Fsp3) is 0.148. The summed E-state index contributed by atoms with van der Waals surface area (Å²) in [6, 6.07) is 11.4. The molecule has 1 fully saturated rings. The van der Waals surface area contributed by atoms with Gasteiger partial charge in [-0.3, -0.25) is 35.2 Å². The second kappa shape index (κ2) is 11.9. The summed E-state index contributed by atoms with van der Waals surface area (Å²) in [5, 5.41) is 31.6. The molecule has 1 aliphatic carbocycles. The van der Waals surface area contributed by atoms with Crippen LogP contribution in [0.25, 0.3) is 11.6 Å². The van der Waals surface area contributed by atoms with Crippen LogP contribution in [0.4, 0.5) is 32.9 Å². The number of nitrogens with zero attached hydrogens (tertiary/aromatic N) is 8. The number of anilines is 4. The Morgan fingerprint density at radius 3 is 1.79 bits per heavy atom. The van der Waals surface area contributed by atoms with E-state index in [1.54, 1.807) is 42.5 Å². The summed E-state index contributed by atoms with van der Waals surface area (Å²) in [5.41, 5.74) is -3.45. The normalized spacial score (nSPS) is 15.9. The van der Waals surface area contributed by atoms with E-state index in [4.69, 9.17) is 23.2 Å². The molecule has 242 valence electrons. The lowest BCUT2D eigenvalue weighted by Crippen LogP contribution is -2.45. The number of aromatic amines is 2. The maximum atomic E-state index is 13.6. The first-order chi connectivity index (χ1) is 23.1. The molecule has 4 heterocycles. The van der Waals surface area contributed by atoms with Crippen molar-refractivity contribution in [2.45, 2.75) is 24.7 Å². The van der Waals surface area contributed by atoms with Crippen molar-refractivity contribution in [2.75, 3.05) is 21.3 Å². The molecule has 0 aliphatic heterocycles. The largest absolute Gasteiger partial charge is 0.326 e. The summed E-state index contributed by atoms with van der Waals surface area (Å²) >= 11 is 11.8. The quantitative estimate of drug-likeness (QED) is 0.148. The van der Waals surface area contributed by atoms with Gasteiger partial charge in [0.1, 0.15) is 16.8 Å². The first kappa shape index (κ1) is 30.4. The number of H-pyrrole nitrogens is 2. The number of urea groups is 2. The highest BCUT2D eigenvalue weighted by molar-refractivity contribution is 6.31. The summed E-state index contributed by atoms with van der Waals surface area (Å²) in [4.78, 5) is 74.4. The van der Waals surface area contributed by atoms with Crippen LogP contribution >= 0.6 is 23.2 Å². The Balaban J connectivity index is 1.20. The molecule has 6 aromatic rings. The molecule has 0 spiro atoms. The topological polar surface area (TPSA) is 251 Å².